The van der Waals surface area contributed by atoms with E-state index >= 15 is 0 Å². The first-order chi connectivity index (χ1) is 11.1. The molecule has 0 aromatic heterocycles. The molecule has 0 aliphatic carbocycles. The summed E-state index contributed by atoms with van der Waals surface area (Å²) in [6.07, 6.45) is 1.70. The van der Waals surface area contributed by atoms with Gasteiger partial charge in [-0.3, -0.25) is 4.79 Å². The highest BCUT2D eigenvalue weighted by Gasteiger charge is 2.07. The summed E-state index contributed by atoms with van der Waals surface area (Å²) in [7, 11) is 0. The summed E-state index contributed by atoms with van der Waals surface area (Å²) in [6.45, 7) is 8.26. The second kappa shape index (κ2) is 8.03. The quantitative estimate of drug-likeness (QED) is 0.762. The van der Waals surface area contributed by atoms with Crippen molar-refractivity contribution in [3.63, 3.8) is 0 Å². The number of nitrogens with one attached hydrogen (secondary N) is 2. The maximum absolute atomic E-state index is 12.1. The number of rotatable bonds is 7. The molecule has 4 heteroatoms. The van der Waals surface area contributed by atoms with Gasteiger partial charge in [0.1, 0.15) is 12.4 Å². The van der Waals surface area contributed by atoms with E-state index in [1.54, 1.807) is 6.08 Å². The Morgan fingerprint density at radius 1 is 1.13 bits per heavy atom. The normalized spacial score (nSPS) is 10.0. The second-order valence-electron chi connectivity index (χ2n) is 5.29. The largest absolute Gasteiger partial charge is 0.490 e. The molecule has 2 N–H and O–H groups in total. The highest BCUT2D eigenvalue weighted by Crippen LogP contribution is 2.19. The lowest BCUT2D eigenvalue weighted by atomic mass is 10.1. The lowest BCUT2D eigenvalue weighted by Gasteiger charge is -2.12. The zero-order valence-electron chi connectivity index (χ0n) is 13.6. The number of anilines is 2. The zero-order chi connectivity index (χ0) is 16.7. The highest BCUT2D eigenvalue weighted by molar-refractivity contribution is 5.95. The number of carbonyl (C=O) groups excluding carboxylic acids is 1. The standard InChI is InChI=1S/C19H22N2O2/c1-4-12-23-17-10-8-16(9-11-17)20-13-18(22)21-19-14(2)6-5-7-15(19)3/h4-11,20H,1,12-13H2,2-3H3,(H,21,22). The van der Waals surface area contributed by atoms with Crippen molar-refractivity contribution in [2.45, 2.75) is 13.8 Å². The first-order valence-electron chi connectivity index (χ1n) is 7.54. The summed E-state index contributed by atoms with van der Waals surface area (Å²) in [5.41, 5.74) is 3.87. The third-order valence-electron chi connectivity index (χ3n) is 3.42. The Labute approximate surface area is 137 Å². The Bertz CT molecular complexity index is 658. The van der Waals surface area contributed by atoms with E-state index in [2.05, 4.69) is 17.2 Å². The fraction of sp³-hybridized carbons (Fsp3) is 0.211. The summed E-state index contributed by atoms with van der Waals surface area (Å²) >= 11 is 0. The van der Waals surface area contributed by atoms with Crippen LogP contribution in [-0.2, 0) is 4.79 Å². The Morgan fingerprint density at radius 2 is 1.78 bits per heavy atom. The number of ether oxygens (including phenoxy) is 1. The van der Waals surface area contributed by atoms with E-state index in [1.165, 1.54) is 0 Å². The van der Waals surface area contributed by atoms with E-state index in [4.69, 9.17) is 4.74 Å². The van der Waals surface area contributed by atoms with Gasteiger partial charge in [0.05, 0.1) is 6.54 Å². The number of hydrogen-bond acceptors (Lipinski definition) is 3. The van der Waals surface area contributed by atoms with Crippen LogP contribution in [0.5, 0.6) is 5.75 Å². The zero-order valence-corrected chi connectivity index (χ0v) is 13.6. The molecule has 0 heterocycles. The van der Waals surface area contributed by atoms with Gasteiger partial charge in [-0.1, -0.05) is 30.9 Å². The monoisotopic (exact) mass is 310 g/mol. The second-order valence-corrected chi connectivity index (χ2v) is 5.29. The molecule has 2 aromatic rings. The Hall–Kier alpha value is -2.75. The van der Waals surface area contributed by atoms with Gasteiger partial charge >= 0.3 is 0 Å². The van der Waals surface area contributed by atoms with Gasteiger partial charge in [-0.05, 0) is 49.2 Å². The van der Waals surface area contributed by atoms with Crippen molar-refractivity contribution in [2.24, 2.45) is 0 Å². The molecule has 0 saturated carbocycles. The molecule has 120 valence electrons. The number of hydrogen-bond donors (Lipinski definition) is 2. The van der Waals surface area contributed by atoms with Crippen LogP contribution < -0.4 is 15.4 Å². The average Bonchev–Trinajstić information content (AvgIpc) is 2.55. The molecule has 0 aliphatic rings. The number of aryl methyl sites for hydroxylation is 2. The van der Waals surface area contributed by atoms with Crippen molar-refractivity contribution in [1.82, 2.24) is 0 Å². The van der Waals surface area contributed by atoms with Crippen LogP contribution in [0.25, 0.3) is 0 Å². The van der Waals surface area contributed by atoms with Gasteiger partial charge in [-0.15, -0.1) is 0 Å². The molecule has 0 saturated heterocycles. The molecule has 0 bridgehead atoms. The minimum absolute atomic E-state index is 0.0746. The number of benzene rings is 2. The van der Waals surface area contributed by atoms with Crippen LogP contribution in [-0.4, -0.2) is 19.1 Å². The van der Waals surface area contributed by atoms with Crippen LogP contribution in [0.4, 0.5) is 11.4 Å². The molecule has 2 aromatic carbocycles. The van der Waals surface area contributed by atoms with Gasteiger partial charge in [-0.2, -0.15) is 0 Å². The van der Waals surface area contributed by atoms with E-state index in [9.17, 15) is 4.79 Å². The number of amides is 1. The molecule has 0 aliphatic heterocycles. The summed E-state index contributed by atoms with van der Waals surface area (Å²) in [4.78, 5) is 12.1. The van der Waals surface area contributed by atoms with Crippen LogP contribution >= 0.6 is 0 Å². The van der Waals surface area contributed by atoms with E-state index in [0.29, 0.717) is 6.61 Å². The molecular formula is C19H22N2O2. The highest BCUT2D eigenvalue weighted by atomic mass is 16.5. The van der Waals surface area contributed by atoms with Crippen LogP contribution in [0.1, 0.15) is 11.1 Å². The predicted molar refractivity (Wildman–Crippen MR) is 95.2 cm³/mol. The molecule has 0 unspecified atom stereocenters. The van der Waals surface area contributed by atoms with Gasteiger partial charge in [0.2, 0.25) is 5.91 Å². The minimum Gasteiger partial charge on any atom is -0.490 e. The van der Waals surface area contributed by atoms with E-state index in [1.807, 2.05) is 56.3 Å². The summed E-state index contributed by atoms with van der Waals surface area (Å²) in [6, 6.07) is 13.4. The van der Waals surface area contributed by atoms with Crippen molar-refractivity contribution < 1.29 is 9.53 Å². The molecule has 23 heavy (non-hydrogen) atoms. The average molecular weight is 310 g/mol. The van der Waals surface area contributed by atoms with Gasteiger partial charge in [0, 0.05) is 11.4 Å². The van der Waals surface area contributed by atoms with E-state index in [-0.39, 0.29) is 12.5 Å². The number of carbonyl (C=O) groups is 1. The Balaban J connectivity index is 1.88. The van der Waals surface area contributed by atoms with Crippen molar-refractivity contribution in [1.29, 1.82) is 0 Å². The van der Waals surface area contributed by atoms with Gasteiger partial charge in [-0.25, -0.2) is 0 Å². The maximum Gasteiger partial charge on any atom is 0.243 e. The molecule has 0 fully saturated rings. The van der Waals surface area contributed by atoms with E-state index < -0.39 is 0 Å². The van der Waals surface area contributed by atoms with Crippen LogP contribution in [0.15, 0.2) is 55.1 Å². The Morgan fingerprint density at radius 3 is 2.39 bits per heavy atom. The summed E-state index contributed by atoms with van der Waals surface area (Å²) < 4.78 is 5.42. The van der Waals surface area contributed by atoms with Gasteiger partial charge < -0.3 is 15.4 Å². The van der Waals surface area contributed by atoms with Gasteiger partial charge in [0.15, 0.2) is 0 Å². The van der Waals surface area contributed by atoms with Crippen LogP contribution in [0, 0.1) is 13.8 Å². The fourth-order valence-corrected chi connectivity index (χ4v) is 2.20. The topological polar surface area (TPSA) is 50.4 Å². The summed E-state index contributed by atoms with van der Waals surface area (Å²) in [5.74, 6) is 0.699. The predicted octanol–water partition coefficient (Wildman–Crippen LogP) is 3.92. The number of para-hydroxylation sites is 1. The third kappa shape index (κ3) is 4.88. The third-order valence-corrected chi connectivity index (χ3v) is 3.42. The van der Waals surface area contributed by atoms with Crippen molar-refractivity contribution in [3.8, 4) is 5.75 Å². The van der Waals surface area contributed by atoms with Crippen molar-refractivity contribution >= 4 is 17.3 Å². The molecule has 4 nitrogen and oxygen atoms in total. The van der Waals surface area contributed by atoms with Crippen molar-refractivity contribution in [2.75, 3.05) is 23.8 Å². The smallest absolute Gasteiger partial charge is 0.243 e. The molecular weight excluding hydrogens is 288 g/mol. The summed E-state index contributed by atoms with van der Waals surface area (Å²) in [5, 5.41) is 6.05. The molecule has 0 radical (unpaired) electrons. The van der Waals surface area contributed by atoms with Crippen molar-refractivity contribution in [3.05, 3.63) is 66.2 Å². The Kier molecular flexibility index (Phi) is 5.80. The minimum atomic E-state index is -0.0746. The van der Waals surface area contributed by atoms with Crippen LogP contribution in [0.3, 0.4) is 0 Å². The van der Waals surface area contributed by atoms with E-state index in [0.717, 1.165) is 28.3 Å². The van der Waals surface area contributed by atoms with Crippen LogP contribution in [0.2, 0.25) is 0 Å². The lowest BCUT2D eigenvalue weighted by molar-refractivity contribution is -0.114. The lowest BCUT2D eigenvalue weighted by Crippen LogP contribution is -2.22. The molecule has 2 rings (SSSR count). The first-order valence-corrected chi connectivity index (χ1v) is 7.54. The first kappa shape index (κ1) is 16.6. The molecule has 0 atom stereocenters. The fourth-order valence-electron chi connectivity index (χ4n) is 2.20. The maximum atomic E-state index is 12.1. The SMILES string of the molecule is C=CCOc1ccc(NCC(=O)Nc2c(C)cccc2C)cc1. The van der Waals surface area contributed by atoms with Gasteiger partial charge in [0.25, 0.3) is 0 Å². The molecule has 1 amide bonds. The molecule has 0 spiro atoms.